The highest BCUT2D eigenvalue weighted by molar-refractivity contribution is 6.98. The maximum atomic E-state index is 6.71. The Morgan fingerprint density at radius 2 is 1.29 bits per heavy atom. The number of aryl methyl sites for hydroxylation is 2. The number of hydrogen-bond donors (Lipinski definition) is 0. The zero-order valence-corrected chi connectivity index (χ0v) is 19.7. The van der Waals surface area contributed by atoms with Gasteiger partial charge in [0.05, 0.1) is 0 Å². The van der Waals surface area contributed by atoms with E-state index in [1.54, 1.807) is 0 Å². The number of para-hydroxylation sites is 1. The topological polar surface area (TPSA) is 18.5 Å². The normalized spacial score (nSPS) is 12.7. The van der Waals surface area contributed by atoms with Crippen molar-refractivity contribution in [2.75, 3.05) is 0 Å². The van der Waals surface area contributed by atoms with Gasteiger partial charge >= 0.3 is 0 Å². The summed E-state index contributed by atoms with van der Waals surface area (Å²) in [7, 11) is 0. The predicted molar refractivity (Wildman–Crippen MR) is 144 cm³/mol. The van der Waals surface area contributed by atoms with E-state index in [1.807, 2.05) is 6.07 Å². The van der Waals surface area contributed by atoms with E-state index in [0.717, 1.165) is 45.2 Å². The van der Waals surface area contributed by atoms with E-state index in [9.17, 15) is 0 Å². The first-order valence-corrected chi connectivity index (χ1v) is 12.1. The lowest BCUT2D eigenvalue weighted by Gasteiger charge is -2.34. The van der Waals surface area contributed by atoms with E-state index in [0.29, 0.717) is 0 Å². The Balaban J connectivity index is 1.50. The van der Waals surface area contributed by atoms with Crippen molar-refractivity contribution in [3.8, 4) is 45.3 Å². The molecule has 35 heavy (non-hydrogen) atoms. The van der Waals surface area contributed by atoms with Crippen LogP contribution >= 0.6 is 0 Å². The van der Waals surface area contributed by atoms with E-state index in [-0.39, 0.29) is 6.71 Å². The second kappa shape index (κ2) is 7.64. The Morgan fingerprint density at radius 1 is 0.514 bits per heavy atom. The van der Waals surface area contributed by atoms with Crippen molar-refractivity contribution < 1.29 is 9.47 Å². The lowest BCUT2D eigenvalue weighted by atomic mass is 9.34. The second-order valence-electron chi connectivity index (χ2n) is 9.42. The summed E-state index contributed by atoms with van der Waals surface area (Å²) < 4.78 is 13.2. The van der Waals surface area contributed by atoms with Crippen LogP contribution in [0, 0.1) is 13.8 Å². The summed E-state index contributed by atoms with van der Waals surface area (Å²) in [5.41, 5.74) is 10.6. The van der Waals surface area contributed by atoms with Crippen molar-refractivity contribution in [1.29, 1.82) is 0 Å². The van der Waals surface area contributed by atoms with Crippen LogP contribution in [-0.2, 0) is 0 Å². The molecule has 0 amide bonds. The molecule has 0 spiro atoms. The summed E-state index contributed by atoms with van der Waals surface area (Å²) in [4.78, 5) is 0. The molecule has 0 unspecified atom stereocenters. The van der Waals surface area contributed by atoms with Crippen LogP contribution < -0.4 is 25.9 Å². The average molecular weight is 450 g/mol. The number of fused-ring (bicyclic) bond motifs is 4. The molecule has 3 heteroatoms. The first-order chi connectivity index (χ1) is 17.2. The fourth-order valence-corrected chi connectivity index (χ4v) is 5.56. The van der Waals surface area contributed by atoms with Crippen LogP contribution in [-0.4, -0.2) is 6.71 Å². The van der Waals surface area contributed by atoms with Crippen molar-refractivity contribution in [1.82, 2.24) is 0 Å². The average Bonchev–Trinajstić information content (AvgIpc) is 2.90. The number of rotatable bonds is 2. The van der Waals surface area contributed by atoms with Crippen LogP contribution in [0.2, 0.25) is 0 Å². The van der Waals surface area contributed by atoms with E-state index in [2.05, 4.69) is 111 Å². The lowest BCUT2D eigenvalue weighted by Crippen LogP contribution is -2.57. The third-order valence-electron chi connectivity index (χ3n) is 7.28. The standard InChI is InChI=1S/C32H23BO2/c1-20-9-6-7-12-24(20)23-16-18-28-27(19-23)33-26-14-8-13-25(22-10-4-3-5-11-22)32(26)35-31-21(2)15-17-29(34-28)30(31)33/h3-19H,1-2H3. The van der Waals surface area contributed by atoms with Gasteiger partial charge in [0.1, 0.15) is 23.0 Å². The molecule has 0 radical (unpaired) electrons. The summed E-state index contributed by atoms with van der Waals surface area (Å²) in [5, 5.41) is 0. The zero-order valence-electron chi connectivity index (χ0n) is 19.7. The Morgan fingerprint density at radius 3 is 2.14 bits per heavy atom. The molecule has 7 rings (SSSR count). The fraction of sp³-hybridized carbons (Fsp3) is 0.0625. The van der Waals surface area contributed by atoms with Gasteiger partial charge in [-0.1, -0.05) is 91.0 Å². The fourth-order valence-electron chi connectivity index (χ4n) is 5.56. The Labute approximate surface area is 205 Å². The zero-order chi connectivity index (χ0) is 23.5. The molecular weight excluding hydrogens is 427 g/mol. The van der Waals surface area contributed by atoms with E-state index in [1.165, 1.54) is 27.6 Å². The summed E-state index contributed by atoms with van der Waals surface area (Å²) in [6, 6.07) is 36.3. The van der Waals surface area contributed by atoms with Gasteiger partial charge in [-0.25, -0.2) is 0 Å². The largest absolute Gasteiger partial charge is 0.458 e. The van der Waals surface area contributed by atoms with Crippen LogP contribution in [0.1, 0.15) is 11.1 Å². The molecule has 2 aliphatic rings. The van der Waals surface area contributed by atoms with Gasteiger partial charge in [-0.15, -0.1) is 0 Å². The molecule has 0 bridgehead atoms. The summed E-state index contributed by atoms with van der Waals surface area (Å²) in [6.45, 7) is 4.32. The third-order valence-corrected chi connectivity index (χ3v) is 7.28. The number of ether oxygens (including phenoxy) is 2. The maximum absolute atomic E-state index is 6.71. The number of hydrogen-bond acceptors (Lipinski definition) is 2. The molecule has 5 aromatic rings. The van der Waals surface area contributed by atoms with Crippen LogP contribution in [0.25, 0.3) is 22.3 Å². The summed E-state index contributed by atoms with van der Waals surface area (Å²) in [5.74, 6) is 3.64. The molecule has 2 heterocycles. The van der Waals surface area contributed by atoms with Crippen LogP contribution in [0.5, 0.6) is 23.0 Å². The molecule has 166 valence electrons. The molecule has 2 nitrogen and oxygen atoms in total. The van der Waals surface area contributed by atoms with Crippen LogP contribution in [0.3, 0.4) is 0 Å². The van der Waals surface area contributed by atoms with Crippen molar-refractivity contribution in [2.45, 2.75) is 13.8 Å². The first-order valence-electron chi connectivity index (χ1n) is 12.1. The summed E-state index contributed by atoms with van der Waals surface area (Å²) in [6.07, 6.45) is 0. The highest BCUT2D eigenvalue weighted by atomic mass is 16.5. The monoisotopic (exact) mass is 450 g/mol. The molecule has 0 saturated carbocycles. The van der Waals surface area contributed by atoms with E-state index >= 15 is 0 Å². The third kappa shape index (κ3) is 3.05. The SMILES string of the molecule is Cc1ccccc1-c1ccc2c(c1)B1c3cccc(-c4ccccc4)c3Oc3c(C)ccc(c31)O2. The Bertz CT molecular complexity index is 1620. The second-order valence-corrected chi connectivity index (χ2v) is 9.42. The highest BCUT2D eigenvalue weighted by Crippen LogP contribution is 2.40. The van der Waals surface area contributed by atoms with E-state index in [4.69, 9.17) is 9.47 Å². The van der Waals surface area contributed by atoms with Gasteiger partial charge in [0.2, 0.25) is 0 Å². The molecule has 0 aromatic heterocycles. The van der Waals surface area contributed by atoms with E-state index < -0.39 is 0 Å². The van der Waals surface area contributed by atoms with Crippen LogP contribution in [0.15, 0.2) is 103 Å². The molecule has 0 fully saturated rings. The summed E-state index contributed by atoms with van der Waals surface area (Å²) >= 11 is 0. The highest BCUT2D eigenvalue weighted by Gasteiger charge is 2.41. The molecule has 0 aliphatic carbocycles. The molecule has 5 aromatic carbocycles. The van der Waals surface area contributed by atoms with Gasteiger partial charge in [-0.3, -0.25) is 0 Å². The van der Waals surface area contributed by atoms with Gasteiger partial charge in [0.15, 0.2) is 0 Å². The number of benzene rings is 5. The minimum atomic E-state index is 0.0417. The Hall–Kier alpha value is -4.24. The quantitative estimate of drug-likeness (QED) is 0.285. The Kier molecular flexibility index (Phi) is 4.40. The molecule has 0 N–H and O–H groups in total. The minimum absolute atomic E-state index is 0.0417. The first kappa shape index (κ1) is 20.2. The van der Waals surface area contributed by atoms with Crippen molar-refractivity contribution in [3.63, 3.8) is 0 Å². The van der Waals surface area contributed by atoms with Gasteiger partial charge in [0.25, 0.3) is 6.71 Å². The van der Waals surface area contributed by atoms with Crippen molar-refractivity contribution in [3.05, 3.63) is 114 Å². The minimum Gasteiger partial charge on any atom is -0.458 e. The van der Waals surface area contributed by atoms with Crippen molar-refractivity contribution >= 4 is 23.1 Å². The molecule has 0 saturated heterocycles. The smallest absolute Gasteiger partial charge is 0.260 e. The molecule has 0 atom stereocenters. The van der Waals surface area contributed by atoms with Gasteiger partial charge < -0.3 is 9.47 Å². The lowest BCUT2D eigenvalue weighted by molar-refractivity contribution is 0.463. The van der Waals surface area contributed by atoms with Gasteiger partial charge in [-0.2, -0.15) is 0 Å². The predicted octanol–water partition coefficient (Wildman–Crippen LogP) is 6.37. The van der Waals surface area contributed by atoms with Crippen LogP contribution in [0.4, 0.5) is 0 Å². The maximum Gasteiger partial charge on any atom is 0.260 e. The molecular formula is C32H23BO2. The van der Waals surface area contributed by atoms with Gasteiger partial charge in [0, 0.05) is 11.0 Å². The molecule has 2 aliphatic heterocycles. The van der Waals surface area contributed by atoms with Gasteiger partial charge in [-0.05, 0) is 64.7 Å². The van der Waals surface area contributed by atoms with Crippen molar-refractivity contribution in [2.24, 2.45) is 0 Å².